The number of carboxylic acids is 1. The standard InChI is InChI=1S/C35H35N5O5/c41-33(42)20-32(28-6-2-12-36-21-28)40(35(44)29-7-3-13-37-22-29)23-24-4-1-5-26(18-24)27-10-11-31(39-14-16-45-17-15-39)30(19-27)38-34(43)25-8-9-25/h1-7,10-13,18-19,21-22,25,32H,8-9,14-17,20,23H2,(H,38,43)(H,41,42). The van der Waals surface area contributed by atoms with E-state index in [4.69, 9.17) is 4.74 Å². The molecule has 1 aliphatic carbocycles. The van der Waals surface area contributed by atoms with Gasteiger partial charge in [0.1, 0.15) is 0 Å². The molecule has 2 fully saturated rings. The maximum atomic E-state index is 13.9. The van der Waals surface area contributed by atoms with E-state index in [1.54, 1.807) is 47.8 Å². The van der Waals surface area contributed by atoms with E-state index in [1.807, 2.05) is 42.5 Å². The predicted molar refractivity (Wildman–Crippen MR) is 170 cm³/mol. The Kier molecular flexibility index (Phi) is 9.11. The van der Waals surface area contributed by atoms with Crippen LogP contribution in [0.4, 0.5) is 11.4 Å². The quantitative estimate of drug-likeness (QED) is 0.240. The molecule has 230 valence electrons. The van der Waals surface area contributed by atoms with E-state index in [1.165, 1.54) is 6.20 Å². The van der Waals surface area contributed by atoms with Gasteiger partial charge in [-0.25, -0.2) is 0 Å². The third kappa shape index (κ3) is 7.35. The van der Waals surface area contributed by atoms with Gasteiger partial charge in [-0.15, -0.1) is 0 Å². The topological polar surface area (TPSA) is 125 Å². The second-order valence-electron chi connectivity index (χ2n) is 11.4. The van der Waals surface area contributed by atoms with Crippen molar-refractivity contribution in [2.24, 2.45) is 5.92 Å². The van der Waals surface area contributed by atoms with Gasteiger partial charge in [0.15, 0.2) is 0 Å². The number of hydrogen-bond donors (Lipinski definition) is 2. The van der Waals surface area contributed by atoms with Crippen LogP contribution in [0.3, 0.4) is 0 Å². The molecule has 1 unspecified atom stereocenters. The number of morpholine rings is 1. The van der Waals surface area contributed by atoms with E-state index < -0.39 is 12.0 Å². The first-order valence-corrected chi connectivity index (χ1v) is 15.2. The van der Waals surface area contributed by atoms with Gasteiger partial charge >= 0.3 is 5.97 Å². The normalized spacial score (nSPS) is 15.2. The number of hydrogen-bond acceptors (Lipinski definition) is 7. The molecule has 2 aromatic heterocycles. The van der Waals surface area contributed by atoms with Gasteiger partial charge in [0.25, 0.3) is 5.91 Å². The fourth-order valence-electron chi connectivity index (χ4n) is 5.65. The molecule has 10 nitrogen and oxygen atoms in total. The van der Waals surface area contributed by atoms with Crippen molar-refractivity contribution in [3.8, 4) is 11.1 Å². The van der Waals surface area contributed by atoms with Crippen molar-refractivity contribution >= 4 is 29.2 Å². The molecule has 45 heavy (non-hydrogen) atoms. The summed E-state index contributed by atoms with van der Waals surface area (Å²) in [6.07, 6.45) is 7.83. The molecule has 2 amide bonds. The van der Waals surface area contributed by atoms with Gasteiger partial charge in [-0.1, -0.05) is 30.3 Å². The number of pyridine rings is 2. The minimum absolute atomic E-state index is 0.0415. The highest BCUT2D eigenvalue weighted by molar-refractivity contribution is 5.98. The zero-order valence-corrected chi connectivity index (χ0v) is 24.8. The SMILES string of the molecule is O=C(O)CC(c1cccnc1)N(Cc1cccc(-c2ccc(N3CCOCC3)c(NC(=O)C3CC3)c2)c1)C(=O)c1cccnc1. The average Bonchev–Trinajstić information content (AvgIpc) is 3.93. The molecule has 1 atom stereocenters. The summed E-state index contributed by atoms with van der Waals surface area (Å²) in [6, 6.07) is 20.0. The Morgan fingerprint density at radius 3 is 2.38 bits per heavy atom. The maximum Gasteiger partial charge on any atom is 0.305 e. The second kappa shape index (κ2) is 13.7. The number of anilines is 2. The fraction of sp³-hybridized carbons (Fsp3) is 0.286. The van der Waals surface area contributed by atoms with Gasteiger partial charge in [0, 0.05) is 50.3 Å². The van der Waals surface area contributed by atoms with Crippen LogP contribution in [0.15, 0.2) is 91.5 Å². The smallest absolute Gasteiger partial charge is 0.305 e. The molecule has 2 aromatic carbocycles. The van der Waals surface area contributed by atoms with E-state index in [2.05, 4.69) is 20.2 Å². The molecule has 6 rings (SSSR count). The zero-order valence-electron chi connectivity index (χ0n) is 24.8. The van der Waals surface area contributed by atoms with Crippen LogP contribution in [0, 0.1) is 5.92 Å². The Labute approximate surface area is 261 Å². The molecule has 0 bridgehead atoms. The van der Waals surface area contributed by atoms with Crippen LogP contribution in [-0.2, 0) is 20.9 Å². The first-order chi connectivity index (χ1) is 22.0. The van der Waals surface area contributed by atoms with Crippen LogP contribution in [-0.4, -0.2) is 64.1 Å². The van der Waals surface area contributed by atoms with Crippen molar-refractivity contribution in [3.63, 3.8) is 0 Å². The van der Waals surface area contributed by atoms with Crippen molar-refractivity contribution in [2.45, 2.75) is 31.8 Å². The fourth-order valence-corrected chi connectivity index (χ4v) is 5.65. The monoisotopic (exact) mass is 605 g/mol. The molecule has 3 heterocycles. The third-order valence-corrected chi connectivity index (χ3v) is 8.15. The number of carboxylic acid groups (broad SMARTS) is 1. The molecule has 0 radical (unpaired) electrons. The summed E-state index contributed by atoms with van der Waals surface area (Å²) >= 11 is 0. The summed E-state index contributed by atoms with van der Waals surface area (Å²) in [4.78, 5) is 50.9. The molecule has 1 saturated carbocycles. The third-order valence-electron chi connectivity index (χ3n) is 8.15. The Hall–Kier alpha value is -5.09. The van der Waals surface area contributed by atoms with Gasteiger partial charge in [-0.05, 0) is 71.5 Å². The number of aliphatic carboxylic acids is 1. The molecule has 10 heteroatoms. The molecular formula is C35H35N5O5. The van der Waals surface area contributed by atoms with Crippen LogP contribution in [0.2, 0.25) is 0 Å². The summed E-state index contributed by atoms with van der Waals surface area (Å²) < 4.78 is 5.54. The highest BCUT2D eigenvalue weighted by atomic mass is 16.5. The molecule has 2 aliphatic rings. The molecule has 1 saturated heterocycles. The van der Waals surface area contributed by atoms with Gasteiger partial charge < -0.3 is 25.0 Å². The highest BCUT2D eigenvalue weighted by Crippen LogP contribution is 2.36. The number of aromatic nitrogens is 2. The predicted octanol–water partition coefficient (Wildman–Crippen LogP) is 5.19. The van der Waals surface area contributed by atoms with Gasteiger partial charge in [0.05, 0.1) is 42.6 Å². The van der Waals surface area contributed by atoms with Crippen LogP contribution in [0.1, 0.15) is 46.8 Å². The molecule has 2 N–H and O–H groups in total. The number of carbonyl (C=O) groups excluding carboxylic acids is 2. The molecule has 1 aliphatic heterocycles. The lowest BCUT2D eigenvalue weighted by molar-refractivity contribution is -0.138. The lowest BCUT2D eigenvalue weighted by atomic mass is 9.99. The van der Waals surface area contributed by atoms with Gasteiger partial charge in [-0.3, -0.25) is 24.4 Å². The Bertz CT molecular complexity index is 1660. The largest absolute Gasteiger partial charge is 0.481 e. The summed E-state index contributed by atoms with van der Waals surface area (Å²) in [7, 11) is 0. The van der Waals surface area contributed by atoms with E-state index in [-0.39, 0.29) is 30.7 Å². The minimum Gasteiger partial charge on any atom is -0.481 e. The minimum atomic E-state index is -1.03. The summed E-state index contributed by atoms with van der Waals surface area (Å²) in [5.41, 5.74) is 5.37. The van der Waals surface area contributed by atoms with E-state index in [9.17, 15) is 19.5 Å². The molecule has 0 spiro atoms. The Morgan fingerprint density at radius 2 is 1.69 bits per heavy atom. The van der Waals surface area contributed by atoms with Gasteiger partial charge in [-0.2, -0.15) is 0 Å². The van der Waals surface area contributed by atoms with Crippen molar-refractivity contribution in [2.75, 3.05) is 36.5 Å². The second-order valence-corrected chi connectivity index (χ2v) is 11.4. The zero-order chi connectivity index (χ0) is 31.2. The van der Waals surface area contributed by atoms with Crippen LogP contribution in [0.25, 0.3) is 11.1 Å². The Balaban J connectivity index is 1.34. The van der Waals surface area contributed by atoms with E-state index in [0.717, 1.165) is 54.0 Å². The average molecular weight is 606 g/mol. The Morgan fingerprint density at radius 1 is 0.933 bits per heavy atom. The van der Waals surface area contributed by atoms with Crippen LogP contribution in [0.5, 0.6) is 0 Å². The van der Waals surface area contributed by atoms with Crippen molar-refractivity contribution < 1.29 is 24.2 Å². The summed E-state index contributed by atoms with van der Waals surface area (Å²) in [5.74, 6) is -1.25. The number of amides is 2. The van der Waals surface area contributed by atoms with Crippen molar-refractivity contribution in [1.82, 2.24) is 14.9 Å². The molecular weight excluding hydrogens is 570 g/mol. The number of nitrogens with zero attached hydrogens (tertiary/aromatic N) is 4. The first kappa shape index (κ1) is 30.0. The van der Waals surface area contributed by atoms with Gasteiger partial charge in [0.2, 0.25) is 5.91 Å². The highest BCUT2D eigenvalue weighted by Gasteiger charge is 2.31. The number of benzene rings is 2. The van der Waals surface area contributed by atoms with Crippen LogP contribution < -0.4 is 10.2 Å². The summed E-state index contributed by atoms with van der Waals surface area (Å²) in [6.45, 7) is 2.92. The van der Waals surface area contributed by atoms with Crippen molar-refractivity contribution in [1.29, 1.82) is 0 Å². The number of carbonyl (C=O) groups is 3. The van der Waals surface area contributed by atoms with Crippen molar-refractivity contribution in [3.05, 3.63) is 108 Å². The number of ether oxygens (including phenoxy) is 1. The first-order valence-electron chi connectivity index (χ1n) is 15.2. The lowest BCUT2D eigenvalue weighted by Crippen LogP contribution is -2.36. The van der Waals surface area contributed by atoms with Crippen LogP contribution >= 0.6 is 0 Å². The molecule has 4 aromatic rings. The van der Waals surface area contributed by atoms with E-state index in [0.29, 0.717) is 24.3 Å². The van der Waals surface area contributed by atoms with E-state index >= 15 is 0 Å². The lowest BCUT2D eigenvalue weighted by Gasteiger charge is -2.32. The number of rotatable bonds is 11. The number of nitrogens with one attached hydrogen (secondary N) is 1. The maximum absolute atomic E-state index is 13.9. The summed E-state index contributed by atoms with van der Waals surface area (Å²) in [5, 5.41) is 13.0.